The van der Waals surface area contributed by atoms with Gasteiger partial charge in [0.25, 0.3) is 0 Å². The van der Waals surface area contributed by atoms with E-state index in [1.54, 1.807) is 0 Å². The molecule has 2 atom stereocenters. The average Bonchev–Trinajstić information content (AvgIpc) is 2.60. The van der Waals surface area contributed by atoms with Gasteiger partial charge in [-0.1, -0.05) is 56.5 Å². The highest BCUT2D eigenvalue weighted by atomic mass is 16.5. The van der Waals surface area contributed by atoms with Gasteiger partial charge in [-0.05, 0) is 24.8 Å². The highest BCUT2D eigenvalue weighted by Crippen LogP contribution is 2.22. The van der Waals surface area contributed by atoms with E-state index in [0.717, 1.165) is 31.2 Å². The second kappa shape index (κ2) is 9.42. The van der Waals surface area contributed by atoms with Gasteiger partial charge in [-0.25, -0.2) is 4.79 Å². The smallest absolute Gasteiger partial charge is 0.326 e. The van der Waals surface area contributed by atoms with Crippen LogP contribution in [0.1, 0.15) is 51.0 Å². The monoisotopic (exact) mass is 333 g/mol. The quantitative estimate of drug-likeness (QED) is 0.767. The van der Waals surface area contributed by atoms with Crippen LogP contribution in [0.4, 0.5) is 0 Å². The molecule has 1 saturated carbocycles. The standard InChI is InChI=1S/C19H27NO4/c1-2-17(24-15-11-7-4-8-12-15)18(21)20-16(19(22)23)13-14-9-5-3-6-10-14/h3,5-6,9-10,15-17H,2,4,7-8,11-13H2,1H3,(H,20,21)(H,22,23)/t16-,17?/m0/s1. The van der Waals surface area contributed by atoms with Crippen LogP contribution in [-0.4, -0.2) is 35.2 Å². The summed E-state index contributed by atoms with van der Waals surface area (Å²) in [5.41, 5.74) is 0.881. The highest BCUT2D eigenvalue weighted by molar-refractivity contribution is 5.86. The Morgan fingerprint density at radius 3 is 2.46 bits per heavy atom. The van der Waals surface area contributed by atoms with E-state index in [0.29, 0.717) is 6.42 Å². The number of ether oxygens (including phenoxy) is 1. The van der Waals surface area contributed by atoms with Crippen LogP contribution < -0.4 is 5.32 Å². The predicted octanol–water partition coefficient (Wildman–Crippen LogP) is 2.93. The van der Waals surface area contributed by atoms with Crippen molar-refractivity contribution >= 4 is 11.9 Å². The molecule has 24 heavy (non-hydrogen) atoms. The van der Waals surface area contributed by atoms with Crippen molar-refractivity contribution in [3.8, 4) is 0 Å². The Hall–Kier alpha value is -1.88. The molecule has 2 N–H and O–H groups in total. The molecule has 1 aliphatic rings. The number of carbonyl (C=O) groups excluding carboxylic acids is 1. The van der Waals surface area contributed by atoms with Gasteiger partial charge in [0, 0.05) is 6.42 Å². The predicted molar refractivity (Wildman–Crippen MR) is 91.7 cm³/mol. The van der Waals surface area contributed by atoms with Crippen LogP contribution in [0, 0.1) is 0 Å². The zero-order chi connectivity index (χ0) is 17.4. The van der Waals surface area contributed by atoms with Gasteiger partial charge in [0.1, 0.15) is 12.1 Å². The van der Waals surface area contributed by atoms with Crippen LogP contribution in [0.5, 0.6) is 0 Å². The molecule has 2 rings (SSSR count). The van der Waals surface area contributed by atoms with Crippen molar-refractivity contribution in [1.29, 1.82) is 0 Å². The number of hydrogen-bond donors (Lipinski definition) is 2. The second-order valence-corrected chi connectivity index (χ2v) is 6.38. The first-order chi connectivity index (χ1) is 11.6. The van der Waals surface area contributed by atoms with Gasteiger partial charge in [0.05, 0.1) is 6.10 Å². The number of amides is 1. The van der Waals surface area contributed by atoms with Gasteiger partial charge in [-0.3, -0.25) is 4.79 Å². The molecule has 5 nitrogen and oxygen atoms in total. The number of carboxylic acid groups (broad SMARTS) is 1. The Balaban J connectivity index is 1.93. The maximum atomic E-state index is 12.5. The third kappa shape index (κ3) is 5.64. The third-order valence-corrected chi connectivity index (χ3v) is 4.47. The summed E-state index contributed by atoms with van der Waals surface area (Å²) in [5.74, 6) is -1.36. The zero-order valence-electron chi connectivity index (χ0n) is 14.2. The molecule has 1 aliphatic carbocycles. The van der Waals surface area contributed by atoms with Gasteiger partial charge >= 0.3 is 5.97 Å². The van der Waals surface area contributed by atoms with E-state index in [4.69, 9.17) is 4.74 Å². The summed E-state index contributed by atoms with van der Waals surface area (Å²) in [6.07, 6.45) is 5.80. The normalized spacial score (nSPS) is 17.9. The molecule has 0 radical (unpaired) electrons. The fourth-order valence-electron chi connectivity index (χ4n) is 3.09. The number of rotatable bonds is 8. The molecule has 1 aromatic rings. The van der Waals surface area contributed by atoms with Gasteiger partial charge in [-0.15, -0.1) is 0 Å². The Labute approximate surface area is 143 Å². The number of hydrogen-bond acceptors (Lipinski definition) is 3. The van der Waals surface area contributed by atoms with E-state index in [1.807, 2.05) is 37.3 Å². The van der Waals surface area contributed by atoms with E-state index in [-0.39, 0.29) is 18.4 Å². The summed E-state index contributed by atoms with van der Waals surface area (Å²) in [6, 6.07) is 8.37. The van der Waals surface area contributed by atoms with Gasteiger partial charge < -0.3 is 15.2 Å². The third-order valence-electron chi connectivity index (χ3n) is 4.47. The zero-order valence-corrected chi connectivity index (χ0v) is 14.2. The number of benzene rings is 1. The molecule has 0 aromatic heterocycles. The lowest BCUT2D eigenvalue weighted by Crippen LogP contribution is -2.48. The molecular formula is C19H27NO4. The Bertz CT molecular complexity index is 525. The molecule has 132 valence electrons. The molecule has 0 bridgehead atoms. The summed E-state index contributed by atoms with van der Waals surface area (Å²) in [6.45, 7) is 1.89. The summed E-state index contributed by atoms with van der Waals surface area (Å²) in [5, 5.41) is 12.0. The van der Waals surface area contributed by atoms with Crippen LogP contribution in [0.2, 0.25) is 0 Å². The topological polar surface area (TPSA) is 75.6 Å². The lowest BCUT2D eigenvalue weighted by atomic mass is 9.97. The van der Waals surface area contributed by atoms with Crippen LogP contribution in [0.3, 0.4) is 0 Å². The Morgan fingerprint density at radius 1 is 1.21 bits per heavy atom. The van der Waals surface area contributed by atoms with Gasteiger partial charge in [0.15, 0.2) is 0 Å². The average molecular weight is 333 g/mol. The van der Waals surface area contributed by atoms with E-state index >= 15 is 0 Å². The summed E-state index contributed by atoms with van der Waals surface area (Å²) in [7, 11) is 0. The minimum Gasteiger partial charge on any atom is -0.480 e. The summed E-state index contributed by atoms with van der Waals surface area (Å²) >= 11 is 0. The van der Waals surface area contributed by atoms with Crippen molar-refractivity contribution in [2.45, 2.75) is 70.1 Å². The number of carbonyl (C=O) groups is 2. The SMILES string of the molecule is CCC(OC1CCCCC1)C(=O)N[C@@H](Cc1ccccc1)C(=O)O. The first kappa shape index (κ1) is 18.5. The summed E-state index contributed by atoms with van der Waals surface area (Å²) in [4.78, 5) is 23.9. The highest BCUT2D eigenvalue weighted by Gasteiger charge is 2.27. The van der Waals surface area contributed by atoms with E-state index in [1.165, 1.54) is 6.42 Å². The fourth-order valence-corrected chi connectivity index (χ4v) is 3.09. The van der Waals surface area contributed by atoms with Crippen molar-refractivity contribution < 1.29 is 19.4 Å². The lowest BCUT2D eigenvalue weighted by molar-refractivity contribution is -0.146. The second-order valence-electron chi connectivity index (χ2n) is 6.38. The van der Waals surface area contributed by atoms with Crippen LogP contribution in [0.15, 0.2) is 30.3 Å². The van der Waals surface area contributed by atoms with Gasteiger partial charge in [0.2, 0.25) is 5.91 Å². The maximum Gasteiger partial charge on any atom is 0.326 e. The van der Waals surface area contributed by atoms with Crippen molar-refractivity contribution in [2.75, 3.05) is 0 Å². The molecule has 5 heteroatoms. The van der Waals surface area contributed by atoms with E-state index < -0.39 is 18.1 Å². The lowest BCUT2D eigenvalue weighted by Gasteiger charge is -2.27. The van der Waals surface area contributed by atoms with Crippen LogP contribution in [0.25, 0.3) is 0 Å². The maximum absolute atomic E-state index is 12.5. The fraction of sp³-hybridized carbons (Fsp3) is 0.579. The van der Waals surface area contributed by atoms with Crippen LogP contribution >= 0.6 is 0 Å². The number of aliphatic carboxylic acids is 1. The largest absolute Gasteiger partial charge is 0.480 e. The molecule has 0 spiro atoms. The van der Waals surface area contributed by atoms with Crippen molar-refractivity contribution in [3.63, 3.8) is 0 Å². The molecule has 0 saturated heterocycles. The molecule has 0 aliphatic heterocycles. The van der Waals surface area contributed by atoms with E-state index in [9.17, 15) is 14.7 Å². The van der Waals surface area contributed by atoms with Crippen molar-refractivity contribution in [3.05, 3.63) is 35.9 Å². The van der Waals surface area contributed by atoms with Gasteiger partial charge in [-0.2, -0.15) is 0 Å². The number of nitrogens with one attached hydrogen (secondary N) is 1. The molecule has 1 fully saturated rings. The minimum absolute atomic E-state index is 0.117. The van der Waals surface area contributed by atoms with Crippen molar-refractivity contribution in [2.24, 2.45) is 0 Å². The van der Waals surface area contributed by atoms with Crippen LogP contribution in [-0.2, 0) is 20.7 Å². The first-order valence-electron chi connectivity index (χ1n) is 8.82. The molecular weight excluding hydrogens is 306 g/mol. The molecule has 0 heterocycles. The van der Waals surface area contributed by atoms with Crippen molar-refractivity contribution in [1.82, 2.24) is 5.32 Å². The first-order valence-corrected chi connectivity index (χ1v) is 8.82. The molecule has 1 aromatic carbocycles. The van der Waals surface area contributed by atoms with E-state index in [2.05, 4.69) is 5.32 Å². The molecule has 1 unspecified atom stereocenters. The Kier molecular flexibility index (Phi) is 7.25. The minimum atomic E-state index is -1.03. The molecule has 1 amide bonds. The summed E-state index contributed by atoms with van der Waals surface area (Å²) < 4.78 is 5.93. The Morgan fingerprint density at radius 2 is 1.88 bits per heavy atom. The number of carboxylic acids is 1.